The first kappa shape index (κ1) is 11.6. The monoisotopic (exact) mass is 253 g/mol. The number of amides is 1. The molecule has 0 unspecified atom stereocenters. The summed E-state index contributed by atoms with van der Waals surface area (Å²) >= 11 is 0. The minimum atomic E-state index is -0.0415. The summed E-state index contributed by atoms with van der Waals surface area (Å²) in [6, 6.07) is 11.6. The first-order valence-electron chi connectivity index (χ1n) is 6.30. The minimum Gasteiger partial charge on any atom is -0.361 e. The Morgan fingerprint density at radius 2 is 2.00 bits per heavy atom. The van der Waals surface area contributed by atoms with E-state index in [4.69, 9.17) is 0 Å². The first-order valence-corrected chi connectivity index (χ1v) is 6.30. The van der Waals surface area contributed by atoms with Crippen molar-refractivity contribution in [1.82, 2.24) is 14.9 Å². The minimum absolute atomic E-state index is 0.0415. The Kier molecular flexibility index (Phi) is 3.06. The molecule has 3 rings (SSSR count). The molecule has 0 bridgehead atoms. The van der Waals surface area contributed by atoms with Crippen molar-refractivity contribution >= 4 is 16.8 Å². The molecular weight excluding hydrogens is 238 g/mol. The molecule has 2 heterocycles. The van der Waals surface area contributed by atoms with Gasteiger partial charge in [-0.25, -0.2) is 0 Å². The number of aromatic nitrogens is 2. The normalized spacial score (nSPS) is 10.7. The third-order valence-electron chi connectivity index (χ3n) is 3.15. The zero-order chi connectivity index (χ0) is 13.1. The van der Waals surface area contributed by atoms with Crippen LogP contribution in [0.15, 0.2) is 55.0 Å². The van der Waals surface area contributed by atoms with Crippen molar-refractivity contribution in [2.24, 2.45) is 0 Å². The molecule has 19 heavy (non-hydrogen) atoms. The zero-order valence-corrected chi connectivity index (χ0v) is 10.5. The lowest BCUT2D eigenvalue weighted by atomic mass is 10.1. The van der Waals surface area contributed by atoms with Crippen LogP contribution in [0, 0.1) is 0 Å². The van der Waals surface area contributed by atoms with Gasteiger partial charge in [0.05, 0.1) is 11.1 Å². The van der Waals surface area contributed by atoms with Gasteiger partial charge in [0.2, 0.25) is 0 Å². The van der Waals surface area contributed by atoms with Gasteiger partial charge in [-0.1, -0.05) is 12.1 Å². The fraction of sp³-hybridized carbons (Fsp3) is 0.133. The molecular formula is C15H15N3O. The van der Waals surface area contributed by atoms with E-state index in [2.05, 4.69) is 10.3 Å². The van der Waals surface area contributed by atoms with Crippen molar-refractivity contribution in [2.45, 2.75) is 6.54 Å². The molecule has 0 aliphatic carbocycles. The molecule has 96 valence electrons. The number of hydrogen-bond donors (Lipinski definition) is 2. The third-order valence-corrected chi connectivity index (χ3v) is 3.15. The standard InChI is InChI=1S/C15H15N3O/c19-15(17-8-11-18-9-1-2-10-18)13-5-3-4-12-6-7-16-14(12)13/h1-7,9-10,16H,8,11H2,(H,17,19). The van der Waals surface area contributed by atoms with Crippen molar-refractivity contribution in [3.05, 3.63) is 60.6 Å². The molecule has 0 aliphatic heterocycles. The summed E-state index contributed by atoms with van der Waals surface area (Å²) in [7, 11) is 0. The number of hydrogen-bond acceptors (Lipinski definition) is 1. The number of para-hydroxylation sites is 1. The van der Waals surface area contributed by atoms with Crippen LogP contribution in [-0.2, 0) is 6.54 Å². The second-order valence-electron chi connectivity index (χ2n) is 4.42. The summed E-state index contributed by atoms with van der Waals surface area (Å²) in [5.41, 5.74) is 1.58. The van der Waals surface area contributed by atoms with Crippen molar-refractivity contribution in [2.75, 3.05) is 6.54 Å². The van der Waals surface area contributed by atoms with E-state index >= 15 is 0 Å². The highest BCUT2D eigenvalue weighted by atomic mass is 16.1. The zero-order valence-electron chi connectivity index (χ0n) is 10.5. The number of H-pyrrole nitrogens is 1. The summed E-state index contributed by atoms with van der Waals surface area (Å²) in [5, 5.41) is 3.99. The number of rotatable bonds is 4. The number of carbonyl (C=O) groups excluding carboxylic acids is 1. The smallest absolute Gasteiger partial charge is 0.253 e. The molecule has 4 nitrogen and oxygen atoms in total. The maximum atomic E-state index is 12.1. The number of benzene rings is 1. The average Bonchev–Trinajstić information content (AvgIpc) is 3.08. The molecule has 0 fully saturated rings. The Hall–Kier alpha value is -2.49. The van der Waals surface area contributed by atoms with Gasteiger partial charge in [0.15, 0.2) is 0 Å². The number of nitrogens with zero attached hydrogens (tertiary/aromatic N) is 1. The van der Waals surface area contributed by atoms with Crippen molar-refractivity contribution in [3.8, 4) is 0 Å². The molecule has 0 spiro atoms. The largest absolute Gasteiger partial charge is 0.361 e. The fourth-order valence-corrected chi connectivity index (χ4v) is 2.19. The first-order chi connectivity index (χ1) is 9.34. The Bertz CT molecular complexity index is 682. The van der Waals surface area contributed by atoms with Gasteiger partial charge in [-0.2, -0.15) is 0 Å². The van der Waals surface area contributed by atoms with Crippen molar-refractivity contribution in [1.29, 1.82) is 0 Å². The Labute approximate surface area is 111 Å². The molecule has 0 atom stereocenters. The molecule has 0 aliphatic rings. The van der Waals surface area contributed by atoms with Gasteiger partial charge in [-0.15, -0.1) is 0 Å². The highest BCUT2D eigenvalue weighted by Crippen LogP contribution is 2.16. The van der Waals surface area contributed by atoms with E-state index in [1.165, 1.54) is 0 Å². The van der Waals surface area contributed by atoms with E-state index in [1.54, 1.807) is 0 Å². The van der Waals surface area contributed by atoms with E-state index in [-0.39, 0.29) is 5.91 Å². The third kappa shape index (κ3) is 2.38. The SMILES string of the molecule is O=C(NCCn1cccc1)c1cccc2cc[nH]c12. The highest BCUT2D eigenvalue weighted by Gasteiger charge is 2.09. The van der Waals surface area contributed by atoms with E-state index in [1.807, 2.05) is 59.6 Å². The number of carbonyl (C=O) groups is 1. The van der Waals surface area contributed by atoms with Crippen molar-refractivity contribution in [3.63, 3.8) is 0 Å². The topological polar surface area (TPSA) is 49.8 Å². The highest BCUT2D eigenvalue weighted by molar-refractivity contribution is 6.05. The summed E-state index contributed by atoms with van der Waals surface area (Å²) in [6.07, 6.45) is 5.82. The Balaban J connectivity index is 1.68. The van der Waals surface area contributed by atoms with Gasteiger partial charge in [0, 0.05) is 37.1 Å². The maximum Gasteiger partial charge on any atom is 0.253 e. The molecule has 1 aromatic carbocycles. The van der Waals surface area contributed by atoms with Crippen LogP contribution >= 0.6 is 0 Å². The summed E-state index contributed by atoms with van der Waals surface area (Å²) < 4.78 is 2.04. The van der Waals surface area contributed by atoms with Crippen LogP contribution in [0.25, 0.3) is 10.9 Å². The van der Waals surface area contributed by atoms with Gasteiger partial charge >= 0.3 is 0 Å². The predicted octanol–water partition coefficient (Wildman–Crippen LogP) is 2.40. The van der Waals surface area contributed by atoms with Crippen LogP contribution in [-0.4, -0.2) is 22.0 Å². The van der Waals surface area contributed by atoms with Crippen LogP contribution in [0.1, 0.15) is 10.4 Å². The average molecular weight is 253 g/mol. The molecule has 0 radical (unpaired) electrons. The van der Waals surface area contributed by atoms with Crippen LogP contribution < -0.4 is 5.32 Å². The Morgan fingerprint density at radius 1 is 1.16 bits per heavy atom. The van der Waals surface area contributed by atoms with E-state index in [0.717, 1.165) is 17.4 Å². The second-order valence-corrected chi connectivity index (χ2v) is 4.42. The van der Waals surface area contributed by atoms with Crippen LogP contribution in [0.2, 0.25) is 0 Å². The molecule has 3 aromatic rings. The molecule has 2 aromatic heterocycles. The van der Waals surface area contributed by atoms with Crippen LogP contribution in [0.5, 0.6) is 0 Å². The van der Waals surface area contributed by atoms with Gasteiger partial charge < -0.3 is 14.9 Å². The lowest BCUT2D eigenvalue weighted by Crippen LogP contribution is -2.27. The van der Waals surface area contributed by atoms with Gasteiger partial charge in [-0.3, -0.25) is 4.79 Å². The molecule has 0 saturated heterocycles. The fourth-order valence-electron chi connectivity index (χ4n) is 2.19. The van der Waals surface area contributed by atoms with Crippen LogP contribution in [0.3, 0.4) is 0 Å². The van der Waals surface area contributed by atoms with Gasteiger partial charge in [-0.05, 0) is 24.3 Å². The lowest BCUT2D eigenvalue weighted by molar-refractivity contribution is 0.0954. The van der Waals surface area contributed by atoms with E-state index in [9.17, 15) is 4.79 Å². The summed E-state index contributed by atoms with van der Waals surface area (Å²) in [6.45, 7) is 1.39. The Morgan fingerprint density at radius 3 is 2.84 bits per heavy atom. The molecule has 0 saturated carbocycles. The predicted molar refractivity (Wildman–Crippen MR) is 75.1 cm³/mol. The second kappa shape index (κ2) is 5.02. The molecule has 2 N–H and O–H groups in total. The number of nitrogens with one attached hydrogen (secondary N) is 2. The van der Waals surface area contributed by atoms with E-state index < -0.39 is 0 Å². The summed E-state index contributed by atoms with van der Waals surface area (Å²) in [5.74, 6) is -0.0415. The van der Waals surface area contributed by atoms with E-state index in [0.29, 0.717) is 12.1 Å². The van der Waals surface area contributed by atoms with Crippen molar-refractivity contribution < 1.29 is 4.79 Å². The van der Waals surface area contributed by atoms with Gasteiger partial charge in [0.25, 0.3) is 5.91 Å². The number of aromatic amines is 1. The lowest BCUT2D eigenvalue weighted by Gasteiger charge is -2.07. The van der Waals surface area contributed by atoms with Gasteiger partial charge in [0.1, 0.15) is 0 Å². The molecule has 1 amide bonds. The molecule has 4 heteroatoms. The maximum absolute atomic E-state index is 12.1. The quantitative estimate of drug-likeness (QED) is 0.737. The number of fused-ring (bicyclic) bond motifs is 1. The summed E-state index contributed by atoms with van der Waals surface area (Å²) in [4.78, 5) is 15.3. The van der Waals surface area contributed by atoms with Crippen LogP contribution in [0.4, 0.5) is 0 Å².